The molecule has 1 aliphatic carbocycles. The molecule has 0 saturated heterocycles. The highest BCUT2D eigenvalue weighted by Gasteiger charge is 2.23. The molecule has 5 nitrogen and oxygen atoms in total. The molecule has 5 heteroatoms. The molecule has 0 heterocycles. The average Bonchev–Trinajstić information content (AvgIpc) is 2.26. The summed E-state index contributed by atoms with van der Waals surface area (Å²) in [5.41, 5.74) is 5.24. The fourth-order valence-electron chi connectivity index (χ4n) is 2.18. The Balaban J connectivity index is 2.38. The number of amides is 3. The van der Waals surface area contributed by atoms with E-state index in [1.807, 2.05) is 13.8 Å². The normalized spacial score (nSPS) is 18.8. The summed E-state index contributed by atoms with van der Waals surface area (Å²) < 4.78 is 0. The monoisotopic (exact) mass is 241 g/mol. The number of nitrogens with two attached hydrogens (primary N) is 1. The van der Waals surface area contributed by atoms with Gasteiger partial charge in [0.1, 0.15) is 6.04 Å². The molecule has 1 rings (SSSR count). The van der Waals surface area contributed by atoms with E-state index < -0.39 is 11.9 Å². The second-order valence-corrected chi connectivity index (χ2v) is 5.08. The fourth-order valence-corrected chi connectivity index (χ4v) is 2.18. The summed E-state index contributed by atoms with van der Waals surface area (Å²) >= 11 is 0. The predicted molar refractivity (Wildman–Crippen MR) is 66.4 cm³/mol. The Labute approximate surface area is 103 Å². The van der Waals surface area contributed by atoms with E-state index in [1.54, 1.807) is 0 Å². The maximum Gasteiger partial charge on any atom is 0.315 e. The summed E-state index contributed by atoms with van der Waals surface area (Å²) in [5, 5.41) is 5.54. The van der Waals surface area contributed by atoms with Crippen LogP contribution in [0.4, 0.5) is 4.79 Å². The van der Waals surface area contributed by atoms with Gasteiger partial charge in [-0.25, -0.2) is 4.79 Å². The zero-order valence-corrected chi connectivity index (χ0v) is 10.7. The lowest BCUT2D eigenvalue weighted by molar-refractivity contribution is -0.120. The topological polar surface area (TPSA) is 84.2 Å². The van der Waals surface area contributed by atoms with E-state index in [2.05, 4.69) is 10.6 Å². The van der Waals surface area contributed by atoms with E-state index in [1.165, 1.54) is 6.42 Å². The van der Waals surface area contributed by atoms with Crippen LogP contribution in [0.2, 0.25) is 0 Å². The smallest absolute Gasteiger partial charge is 0.315 e. The third-order valence-electron chi connectivity index (χ3n) is 3.20. The van der Waals surface area contributed by atoms with E-state index in [4.69, 9.17) is 5.73 Å². The number of carbonyl (C=O) groups is 2. The summed E-state index contributed by atoms with van der Waals surface area (Å²) in [6.07, 6.45) is 5.62. The maximum atomic E-state index is 11.7. The molecule has 3 amide bonds. The molecule has 1 fully saturated rings. The fraction of sp³-hybridized carbons (Fsp3) is 0.833. The van der Waals surface area contributed by atoms with Crippen molar-refractivity contribution in [3.05, 3.63) is 0 Å². The van der Waals surface area contributed by atoms with Crippen molar-refractivity contribution >= 4 is 11.9 Å². The van der Waals surface area contributed by atoms with Crippen molar-refractivity contribution in [2.75, 3.05) is 0 Å². The van der Waals surface area contributed by atoms with Crippen LogP contribution in [0.5, 0.6) is 0 Å². The molecule has 1 atom stereocenters. The summed E-state index contributed by atoms with van der Waals surface area (Å²) in [7, 11) is 0. The number of rotatable bonds is 4. The molecular formula is C12H23N3O2. The van der Waals surface area contributed by atoms with Gasteiger partial charge in [0.05, 0.1) is 0 Å². The van der Waals surface area contributed by atoms with Crippen molar-refractivity contribution in [1.29, 1.82) is 0 Å². The molecule has 0 bridgehead atoms. The number of nitrogens with one attached hydrogen (secondary N) is 2. The van der Waals surface area contributed by atoms with E-state index in [9.17, 15) is 9.59 Å². The SMILES string of the molecule is CC(C)C(NC(=O)NC1CCCCC1)C(N)=O. The molecular weight excluding hydrogens is 218 g/mol. The highest BCUT2D eigenvalue weighted by molar-refractivity contribution is 5.86. The number of hydrogen-bond donors (Lipinski definition) is 3. The van der Waals surface area contributed by atoms with Crippen LogP contribution in [0.3, 0.4) is 0 Å². The van der Waals surface area contributed by atoms with Crippen LogP contribution < -0.4 is 16.4 Å². The van der Waals surface area contributed by atoms with Gasteiger partial charge in [0.15, 0.2) is 0 Å². The zero-order chi connectivity index (χ0) is 12.8. The van der Waals surface area contributed by atoms with Gasteiger partial charge in [-0.05, 0) is 18.8 Å². The van der Waals surface area contributed by atoms with Crippen LogP contribution in [-0.2, 0) is 4.79 Å². The summed E-state index contributed by atoms with van der Waals surface area (Å²) in [4.78, 5) is 22.8. The lowest BCUT2D eigenvalue weighted by Gasteiger charge is -2.25. The molecule has 98 valence electrons. The molecule has 0 spiro atoms. The van der Waals surface area contributed by atoms with Crippen LogP contribution >= 0.6 is 0 Å². The molecule has 1 aliphatic rings. The molecule has 1 saturated carbocycles. The summed E-state index contributed by atoms with van der Waals surface area (Å²) in [5.74, 6) is -0.483. The first kappa shape index (κ1) is 13.8. The van der Waals surface area contributed by atoms with Crippen molar-refractivity contribution in [3.8, 4) is 0 Å². The molecule has 0 aliphatic heterocycles. The second-order valence-electron chi connectivity index (χ2n) is 5.08. The van der Waals surface area contributed by atoms with Crippen LogP contribution in [-0.4, -0.2) is 24.0 Å². The first-order chi connectivity index (χ1) is 8.00. The molecule has 17 heavy (non-hydrogen) atoms. The van der Waals surface area contributed by atoms with Crippen LogP contribution in [0.25, 0.3) is 0 Å². The summed E-state index contributed by atoms with van der Waals surface area (Å²) in [6, 6.07) is -0.641. The second kappa shape index (κ2) is 6.47. The first-order valence-corrected chi connectivity index (χ1v) is 6.37. The lowest BCUT2D eigenvalue weighted by Crippen LogP contribution is -2.53. The number of carbonyl (C=O) groups excluding carboxylic acids is 2. The Kier molecular flexibility index (Phi) is 5.25. The van der Waals surface area contributed by atoms with E-state index in [0.29, 0.717) is 0 Å². The summed E-state index contributed by atoms with van der Waals surface area (Å²) in [6.45, 7) is 3.71. The molecule has 1 unspecified atom stereocenters. The molecule has 4 N–H and O–H groups in total. The van der Waals surface area contributed by atoms with Crippen molar-refractivity contribution in [3.63, 3.8) is 0 Å². The van der Waals surface area contributed by atoms with E-state index in [-0.39, 0.29) is 18.0 Å². The highest BCUT2D eigenvalue weighted by Crippen LogP contribution is 2.17. The third-order valence-corrected chi connectivity index (χ3v) is 3.20. The van der Waals surface area contributed by atoms with Gasteiger partial charge in [0.2, 0.25) is 5.91 Å². The van der Waals surface area contributed by atoms with Gasteiger partial charge >= 0.3 is 6.03 Å². The Morgan fingerprint density at radius 1 is 1.18 bits per heavy atom. The van der Waals surface area contributed by atoms with Crippen molar-refractivity contribution < 1.29 is 9.59 Å². The van der Waals surface area contributed by atoms with Gasteiger partial charge < -0.3 is 16.4 Å². The van der Waals surface area contributed by atoms with Crippen molar-refractivity contribution in [2.24, 2.45) is 11.7 Å². The maximum absolute atomic E-state index is 11.7. The van der Waals surface area contributed by atoms with Gasteiger partial charge in [-0.3, -0.25) is 4.79 Å². The Morgan fingerprint density at radius 3 is 2.24 bits per heavy atom. The van der Waals surface area contributed by atoms with Crippen molar-refractivity contribution in [1.82, 2.24) is 10.6 Å². The zero-order valence-electron chi connectivity index (χ0n) is 10.7. The minimum Gasteiger partial charge on any atom is -0.368 e. The molecule has 0 radical (unpaired) electrons. The van der Waals surface area contributed by atoms with Gasteiger partial charge in [0, 0.05) is 6.04 Å². The Hall–Kier alpha value is -1.26. The van der Waals surface area contributed by atoms with Crippen LogP contribution in [0.15, 0.2) is 0 Å². The lowest BCUT2D eigenvalue weighted by atomic mass is 9.96. The Morgan fingerprint density at radius 2 is 1.76 bits per heavy atom. The number of urea groups is 1. The quantitative estimate of drug-likeness (QED) is 0.689. The van der Waals surface area contributed by atoms with Gasteiger partial charge in [-0.1, -0.05) is 33.1 Å². The minimum atomic E-state index is -0.599. The molecule has 0 aromatic heterocycles. The first-order valence-electron chi connectivity index (χ1n) is 6.37. The van der Waals surface area contributed by atoms with Gasteiger partial charge in [-0.15, -0.1) is 0 Å². The van der Waals surface area contributed by atoms with Gasteiger partial charge in [0.25, 0.3) is 0 Å². The molecule has 0 aromatic carbocycles. The van der Waals surface area contributed by atoms with E-state index in [0.717, 1.165) is 25.7 Å². The standard InChI is InChI=1S/C12H23N3O2/c1-8(2)10(11(13)16)15-12(17)14-9-6-4-3-5-7-9/h8-10H,3-7H2,1-2H3,(H2,13,16)(H2,14,15,17). The van der Waals surface area contributed by atoms with E-state index >= 15 is 0 Å². The largest absolute Gasteiger partial charge is 0.368 e. The minimum absolute atomic E-state index is 0.00426. The Bertz CT molecular complexity index is 273. The van der Waals surface area contributed by atoms with Crippen LogP contribution in [0, 0.1) is 5.92 Å². The predicted octanol–water partition coefficient (Wildman–Crippen LogP) is 1.13. The number of hydrogen-bond acceptors (Lipinski definition) is 2. The van der Waals surface area contributed by atoms with Crippen molar-refractivity contribution in [2.45, 2.75) is 58.0 Å². The molecule has 0 aromatic rings. The number of primary amides is 1. The van der Waals surface area contributed by atoms with Gasteiger partial charge in [-0.2, -0.15) is 0 Å². The van der Waals surface area contributed by atoms with Crippen LogP contribution in [0.1, 0.15) is 46.0 Å². The third kappa shape index (κ3) is 4.63. The highest BCUT2D eigenvalue weighted by atomic mass is 16.2. The average molecular weight is 241 g/mol.